The molecule has 28 heavy (non-hydrogen) atoms. The Kier molecular flexibility index (Phi) is 5.17. The van der Waals surface area contributed by atoms with Crippen LogP contribution in [0.15, 0.2) is 30.7 Å². The van der Waals surface area contributed by atoms with Crippen LogP contribution in [0.4, 0.5) is 14.6 Å². The SMILES string of the molecule is CCC1CCC(CO)CN1c1cc(-c2cnc3ccc(C(F)F)nn23)ncn1. The molecule has 4 heterocycles. The van der Waals surface area contributed by atoms with E-state index >= 15 is 0 Å². The zero-order valence-electron chi connectivity index (χ0n) is 15.5. The maximum absolute atomic E-state index is 13.0. The molecule has 3 aromatic heterocycles. The van der Waals surface area contributed by atoms with Crippen LogP contribution in [0.25, 0.3) is 17.0 Å². The van der Waals surface area contributed by atoms with Crippen molar-refractivity contribution in [2.24, 2.45) is 5.92 Å². The molecule has 9 heteroatoms. The summed E-state index contributed by atoms with van der Waals surface area (Å²) in [5.41, 5.74) is 1.26. The van der Waals surface area contributed by atoms with E-state index in [1.165, 1.54) is 23.0 Å². The largest absolute Gasteiger partial charge is 0.396 e. The number of imidazole rings is 1. The number of anilines is 1. The second-order valence-electron chi connectivity index (χ2n) is 7.07. The molecule has 148 valence electrons. The molecule has 0 spiro atoms. The van der Waals surface area contributed by atoms with Crippen LogP contribution in [-0.2, 0) is 0 Å². The Morgan fingerprint density at radius 1 is 1.21 bits per heavy atom. The maximum Gasteiger partial charge on any atom is 0.282 e. The van der Waals surface area contributed by atoms with E-state index in [-0.39, 0.29) is 18.2 Å². The Hall–Kier alpha value is -2.68. The summed E-state index contributed by atoms with van der Waals surface area (Å²) in [6.07, 6.45) is 3.36. The van der Waals surface area contributed by atoms with E-state index in [1.54, 1.807) is 6.20 Å². The molecule has 3 aromatic rings. The van der Waals surface area contributed by atoms with Gasteiger partial charge in [-0.15, -0.1) is 0 Å². The summed E-state index contributed by atoms with van der Waals surface area (Å²) in [6.45, 7) is 3.02. The van der Waals surface area contributed by atoms with E-state index in [0.29, 0.717) is 23.1 Å². The standard InChI is InChI=1S/C19H22F2N6O/c1-2-13-4-3-12(10-28)9-26(13)18-7-15(23-11-24-18)16-8-22-17-6-5-14(19(20)21)25-27(16)17/h5-8,11-13,19,28H,2-4,9-10H2,1H3. The predicted molar refractivity (Wildman–Crippen MR) is 100 cm³/mol. The Balaban J connectivity index is 1.72. The van der Waals surface area contributed by atoms with Crippen molar-refractivity contribution in [1.29, 1.82) is 0 Å². The first-order valence-corrected chi connectivity index (χ1v) is 9.43. The van der Waals surface area contributed by atoms with Crippen molar-refractivity contribution < 1.29 is 13.9 Å². The minimum absolute atomic E-state index is 0.151. The number of piperidine rings is 1. The number of nitrogens with zero attached hydrogens (tertiary/aromatic N) is 6. The second-order valence-corrected chi connectivity index (χ2v) is 7.07. The lowest BCUT2D eigenvalue weighted by Crippen LogP contribution is -2.44. The van der Waals surface area contributed by atoms with E-state index < -0.39 is 6.43 Å². The summed E-state index contributed by atoms with van der Waals surface area (Å²) in [6, 6.07) is 4.97. The average Bonchev–Trinajstić information content (AvgIpc) is 3.16. The first-order valence-electron chi connectivity index (χ1n) is 9.43. The Bertz CT molecular complexity index is 963. The topological polar surface area (TPSA) is 79.4 Å². The van der Waals surface area contributed by atoms with Crippen LogP contribution in [0.5, 0.6) is 0 Å². The summed E-state index contributed by atoms with van der Waals surface area (Å²) in [7, 11) is 0. The lowest BCUT2D eigenvalue weighted by Gasteiger charge is -2.39. The van der Waals surface area contributed by atoms with Crippen LogP contribution < -0.4 is 4.90 Å². The Labute approximate surface area is 161 Å². The number of aliphatic hydroxyl groups is 1. The molecule has 7 nitrogen and oxygen atoms in total. The highest BCUT2D eigenvalue weighted by Crippen LogP contribution is 2.30. The average molecular weight is 388 g/mol. The van der Waals surface area contributed by atoms with Crippen molar-refractivity contribution >= 4 is 11.5 Å². The number of aromatic nitrogens is 5. The van der Waals surface area contributed by atoms with Crippen LogP contribution in [-0.4, -0.2) is 48.9 Å². The first-order chi connectivity index (χ1) is 13.6. The summed E-state index contributed by atoms with van der Waals surface area (Å²) in [5.74, 6) is 0.974. The van der Waals surface area contributed by atoms with Gasteiger partial charge in [0, 0.05) is 25.3 Å². The quantitative estimate of drug-likeness (QED) is 0.724. The first kappa shape index (κ1) is 18.7. The van der Waals surface area contributed by atoms with E-state index in [4.69, 9.17) is 0 Å². The van der Waals surface area contributed by atoms with Gasteiger partial charge in [0.25, 0.3) is 6.43 Å². The third-order valence-electron chi connectivity index (χ3n) is 5.35. The summed E-state index contributed by atoms with van der Waals surface area (Å²) in [4.78, 5) is 15.2. The van der Waals surface area contributed by atoms with Crippen LogP contribution in [0.2, 0.25) is 0 Å². The molecule has 0 bridgehead atoms. The second kappa shape index (κ2) is 7.75. The Morgan fingerprint density at radius 2 is 2.07 bits per heavy atom. The maximum atomic E-state index is 13.0. The molecule has 1 aliphatic heterocycles. The van der Waals surface area contributed by atoms with Crippen molar-refractivity contribution in [3.8, 4) is 11.4 Å². The molecule has 1 saturated heterocycles. The van der Waals surface area contributed by atoms with Gasteiger partial charge in [0.05, 0.1) is 11.9 Å². The molecule has 2 unspecified atom stereocenters. The number of hydrogen-bond donors (Lipinski definition) is 1. The number of hydrogen-bond acceptors (Lipinski definition) is 6. The normalized spacial score (nSPS) is 20.2. The number of rotatable bonds is 5. The molecule has 1 fully saturated rings. The molecule has 2 atom stereocenters. The zero-order chi connectivity index (χ0) is 19.7. The minimum Gasteiger partial charge on any atom is -0.396 e. The number of halogens is 2. The summed E-state index contributed by atoms with van der Waals surface area (Å²) < 4.78 is 27.5. The lowest BCUT2D eigenvalue weighted by molar-refractivity contribution is 0.144. The third-order valence-corrected chi connectivity index (χ3v) is 5.35. The van der Waals surface area contributed by atoms with Gasteiger partial charge in [0.2, 0.25) is 0 Å². The van der Waals surface area contributed by atoms with E-state index in [9.17, 15) is 13.9 Å². The van der Waals surface area contributed by atoms with Gasteiger partial charge in [0.1, 0.15) is 23.5 Å². The van der Waals surface area contributed by atoms with Crippen LogP contribution in [0.3, 0.4) is 0 Å². The molecule has 0 aromatic carbocycles. The molecule has 4 rings (SSSR count). The van der Waals surface area contributed by atoms with E-state index in [0.717, 1.165) is 31.6 Å². The van der Waals surface area contributed by atoms with Gasteiger partial charge in [-0.1, -0.05) is 6.92 Å². The molecule has 0 saturated carbocycles. The van der Waals surface area contributed by atoms with Gasteiger partial charge in [-0.25, -0.2) is 28.2 Å². The van der Waals surface area contributed by atoms with Crippen molar-refractivity contribution in [3.63, 3.8) is 0 Å². The highest BCUT2D eigenvalue weighted by Gasteiger charge is 2.28. The fourth-order valence-electron chi connectivity index (χ4n) is 3.78. The lowest BCUT2D eigenvalue weighted by atomic mass is 9.92. The van der Waals surface area contributed by atoms with Crippen LogP contribution in [0.1, 0.15) is 38.3 Å². The monoisotopic (exact) mass is 388 g/mol. The van der Waals surface area contributed by atoms with Gasteiger partial charge in [-0.2, -0.15) is 5.10 Å². The number of aliphatic hydroxyl groups excluding tert-OH is 1. The van der Waals surface area contributed by atoms with Gasteiger partial charge >= 0.3 is 0 Å². The van der Waals surface area contributed by atoms with Gasteiger partial charge in [0.15, 0.2) is 5.65 Å². The zero-order valence-corrected chi connectivity index (χ0v) is 15.5. The fourth-order valence-corrected chi connectivity index (χ4v) is 3.78. The van der Waals surface area contributed by atoms with Gasteiger partial charge in [-0.05, 0) is 37.3 Å². The molecule has 1 aliphatic rings. The number of alkyl halides is 2. The van der Waals surface area contributed by atoms with E-state index in [2.05, 4.69) is 31.9 Å². The molecule has 0 radical (unpaired) electrons. The van der Waals surface area contributed by atoms with Crippen molar-refractivity contribution in [2.45, 2.75) is 38.7 Å². The van der Waals surface area contributed by atoms with Crippen molar-refractivity contribution in [3.05, 3.63) is 36.4 Å². The van der Waals surface area contributed by atoms with Crippen molar-refractivity contribution in [1.82, 2.24) is 24.6 Å². The summed E-state index contributed by atoms with van der Waals surface area (Å²) in [5, 5.41) is 13.6. The molecule has 0 amide bonds. The van der Waals surface area contributed by atoms with Gasteiger partial charge in [-0.3, -0.25) is 0 Å². The molecule has 1 N–H and O–H groups in total. The Morgan fingerprint density at radius 3 is 2.82 bits per heavy atom. The van der Waals surface area contributed by atoms with Gasteiger partial charge < -0.3 is 10.0 Å². The highest BCUT2D eigenvalue weighted by atomic mass is 19.3. The third kappa shape index (κ3) is 3.42. The predicted octanol–water partition coefficient (Wildman–Crippen LogP) is 3.11. The molecular formula is C19H22F2N6O. The molecule has 0 aliphatic carbocycles. The van der Waals surface area contributed by atoms with Crippen molar-refractivity contribution in [2.75, 3.05) is 18.1 Å². The number of fused-ring (bicyclic) bond motifs is 1. The summed E-state index contributed by atoms with van der Waals surface area (Å²) >= 11 is 0. The highest BCUT2D eigenvalue weighted by molar-refractivity contribution is 5.62. The fraction of sp³-hybridized carbons (Fsp3) is 0.474. The van der Waals surface area contributed by atoms with Crippen LogP contribution >= 0.6 is 0 Å². The van der Waals surface area contributed by atoms with Crippen LogP contribution in [0, 0.1) is 5.92 Å². The minimum atomic E-state index is -2.66. The van der Waals surface area contributed by atoms with E-state index in [1.807, 2.05) is 6.07 Å². The smallest absolute Gasteiger partial charge is 0.282 e. The molecular weight excluding hydrogens is 366 g/mol.